The van der Waals surface area contributed by atoms with Gasteiger partial charge < -0.3 is 9.31 Å². The Hall–Kier alpha value is 0.0149. The van der Waals surface area contributed by atoms with Crippen LogP contribution in [-0.2, 0) is 9.31 Å². The highest BCUT2D eigenvalue weighted by molar-refractivity contribution is 6.46. The molecule has 0 spiro atoms. The molecule has 0 aromatic rings. The standard InChI is InChI=1S/C9H16BClO2/c1-8(2)9(3,4)13-10(12-8)6-5-7-11/h5,7H,6H2,1-4H3/b7-5-. The van der Waals surface area contributed by atoms with Crippen molar-refractivity contribution in [2.24, 2.45) is 0 Å². The summed E-state index contributed by atoms with van der Waals surface area (Å²) in [6.45, 7) is 8.16. The molecular weight excluding hydrogens is 186 g/mol. The summed E-state index contributed by atoms with van der Waals surface area (Å²) in [6, 6.07) is 0. The third-order valence-corrected chi connectivity index (χ3v) is 2.90. The van der Waals surface area contributed by atoms with Gasteiger partial charge in [-0.25, -0.2) is 0 Å². The molecule has 1 aliphatic rings. The molecule has 0 N–H and O–H groups in total. The van der Waals surface area contributed by atoms with Crippen molar-refractivity contribution < 1.29 is 9.31 Å². The molecule has 4 heteroatoms. The highest BCUT2D eigenvalue weighted by Gasteiger charge is 2.50. The maximum atomic E-state index is 5.73. The molecule has 1 fully saturated rings. The largest absolute Gasteiger partial charge is 0.461 e. The second kappa shape index (κ2) is 3.64. The lowest BCUT2D eigenvalue weighted by Gasteiger charge is -2.32. The fourth-order valence-electron chi connectivity index (χ4n) is 1.22. The van der Waals surface area contributed by atoms with E-state index in [9.17, 15) is 0 Å². The number of hydrogen-bond donors (Lipinski definition) is 0. The number of allylic oxidation sites excluding steroid dienone is 1. The molecule has 1 rings (SSSR count). The van der Waals surface area contributed by atoms with Gasteiger partial charge in [0.15, 0.2) is 0 Å². The van der Waals surface area contributed by atoms with Crippen LogP contribution in [0.25, 0.3) is 0 Å². The molecule has 1 saturated heterocycles. The summed E-state index contributed by atoms with van der Waals surface area (Å²) < 4.78 is 11.5. The second-order valence-electron chi connectivity index (χ2n) is 4.28. The molecule has 0 atom stereocenters. The SMILES string of the molecule is CC1(C)OB(C/C=C\Cl)OC1(C)C. The van der Waals surface area contributed by atoms with E-state index in [2.05, 4.69) is 0 Å². The average Bonchev–Trinajstić information content (AvgIpc) is 2.17. The van der Waals surface area contributed by atoms with Crippen molar-refractivity contribution in [2.45, 2.75) is 45.2 Å². The first kappa shape index (κ1) is 11.1. The van der Waals surface area contributed by atoms with Crippen molar-refractivity contribution in [3.63, 3.8) is 0 Å². The molecule has 0 aromatic heterocycles. The highest BCUT2D eigenvalue weighted by atomic mass is 35.5. The Kier molecular flexibility index (Phi) is 3.10. The Morgan fingerprint density at radius 2 is 1.62 bits per heavy atom. The first-order valence-electron chi connectivity index (χ1n) is 4.50. The van der Waals surface area contributed by atoms with Crippen molar-refractivity contribution in [1.82, 2.24) is 0 Å². The van der Waals surface area contributed by atoms with Crippen LogP contribution in [0.5, 0.6) is 0 Å². The minimum absolute atomic E-state index is 0.167. The van der Waals surface area contributed by atoms with E-state index >= 15 is 0 Å². The molecule has 1 aliphatic heterocycles. The Labute approximate surface area is 85.4 Å². The van der Waals surface area contributed by atoms with Crippen LogP contribution in [0.3, 0.4) is 0 Å². The fraction of sp³-hybridized carbons (Fsp3) is 0.778. The van der Waals surface area contributed by atoms with Gasteiger partial charge in [0, 0.05) is 6.32 Å². The normalized spacial score (nSPS) is 25.8. The minimum atomic E-state index is -0.238. The summed E-state index contributed by atoms with van der Waals surface area (Å²) in [5.74, 6) is 0. The molecular formula is C9H16BClO2. The van der Waals surface area contributed by atoms with E-state index in [-0.39, 0.29) is 18.3 Å². The van der Waals surface area contributed by atoms with Crippen molar-refractivity contribution in [2.75, 3.05) is 0 Å². The van der Waals surface area contributed by atoms with E-state index in [4.69, 9.17) is 20.9 Å². The average molecular weight is 202 g/mol. The predicted octanol–water partition coefficient (Wildman–Crippen LogP) is 2.83. The van der Waals surface area contributed by atoms with Crippen LogP contribution < -0.4 is 0 Å². The Morgan fingerprint density at radius 1 is 1.15 bits per heavy atom. The number of halogens is 1. The zero-order valence-electron chi connectivity index (χ0n) is 8.63. The van der Waals surface area contributed by atoms with Gasteiger partial charge in [0.05, 0.1) is 11.2 Å². The van der Waals surface area contributed by atoms with Crippen LogP contribution in [0.15, 0.2) is 11.6 Å². The summed E-state index contributed by atoms with van der Waals surface area (Å²) in [5, 5.41) is 0. The van der Waals surface area contributed by atoms with Crippen LogP contribution >= 0.6 is 11.6 Å². The first-order valence-corrected chi connectivity index (χ1v) is 4.93. The zero-order valence-corrected chi connectivity index (χ0v) is 9.39. The maximum absolute atomic E-state index is 5.73. The van der Waals surface area contributed by atoms with Gasteiger partial charge in [0.2, 0.25) is 0 Å². The molecule has 0 aromatic carbocycles. The molecule has 74 valence electrons. The quantitative estimate of drug-likeness (QED) is 0.641. The minimum Gasteiger partial charge on any atom is -0.403 e. The fourth-order valence-corrected chi connectivity index (χ4v) is 1.33. The highest BCUT2D eigenvalue weighted by Crippen LogP contribution is 2.37. The van der Waals surface area contributed by atoms with Gasteiger partial charge in [-0.2, -0.15) is 0 Å². The van der Waals surface area contributed by atoms with Crippen molar-refractivity contribution in [3.8, 4) is 0 Å². The molecule has 0 amide bonds. The van der Waals surface area contributed by atoms with Gasteiger partial charge >= 0.3 is 7.12 Å². The molecule has 1 heterocycles. The van der Waals surface area contributed by atoms with E-state index in [1.165, 1.54) is 5.54 Å². The van der Waals surface area contributed by atoms with Crippen LogP contribution in [0.2, 0.25) is 6.32 Å². The Morgan fingerprint density at radius 3 is 2.00 bits per heavy atom. The third-order valence-electron chi connectivity index (χ3n) is 2.72. The van der Waals surface area contributed by atoms with Gasteiger partial charge in [-0.05, 0) is 33.2 Å². The van der Waals surface area contributed by atoms with E-state index in [0.29, 0.717) is 6.32 Å². The first-order chi connectivity index (χ1) is 5.89. The second-order valence-corrected chi connectivity index (χ2v) is 4.54. The van der Waals surface area contributed by atoms with Gasteiger partial charge in [-0.3, -0.25) is 0 Å². The molecule has 13 heavy (non-hydrogen) atoms. The van der Waals surface area contributed by atoms with Gasteiger partial charge in [-0.15, -0.1) is 0 Å². The van der Waals surface area contributed by atoms with E-state index in [1.54, 1.807) is 0 Å². The summed E-state index contributed by atoms with van der Waals surface area (Å²) in [4.78, 5) is 0. The lowest BCUT2D eigenvalue weighted by atomic mass is 9.85. The van der Waals surface area contributed by atoms with Crippen molar-refractivity contribution in [1.29, 1.82) is 0 Å². The van der Waals surface area contributed by atoms with Crippen LogP contribution in [-0.4, -0.2) is 18.3 Å². The summed E-state index contributed by atoms with van der Waals surface area (Å²) in [5.41, 5.74) is 1.01. The van der Waals surface area contributed by atoms with Crippen LogP contribution in [0.4, 0.5) is 0 Å². The molecule has 0 aliphatic carbocycles. The Bertz CT molecular complexity index is 198. The monoisotopic (exact) mass is 202 g/mol. The Balaban J connectivity index is 2.60. The van der Waals surface area contributed by atoms with Gasteiger partial charge in [0.25, 0.3) is 0 Å². The van der Waals surface area contributed by atoms with Crippen LogP contribution in [0, 0.1) is 0 Å². The third kappa shape index (κ3) is 2.28. The van der Waals surface area contributed by atoms with E-state index in [1.807, 2.05) is 33.8 Å². The smallest absolute Gasteiger partial charge is 0.403 e. The molecule has 0 saturated carbocycles. The molecule has 0 bridgehead atoms. The van der Waals surface area contributed by atoms with E-state index in [0.717, 1.165) is 0 Å². The summed E-state index contributed by atoms with van der Waals surface area (Å²) >= 11 is 5.43. The van der Waals surface area contributed by atoms with Crippen LogP contribution in [0.1, 0.15) is 27.7 Å². The molecule has 2 nitrogen and oxygen atoms in total. The summed E-state index contributed by atoms with van der Waals surface area (Å²) in [7, 11) is -0.167. The van der Waals surface area contributed by atoms with Crippen molar-refractivity contribution in [3.05, 3.63) is 11.6 Å². The number of rotatable bonds is 2. The molecule has 0 unspecified atom stereocenters. The topological polar surface area (TPSA) is 18.5 Å². The van der Waals surface area contributed by atoms with E-state index < -0.39 is 0 Å². The lowest BCUT2D eigenvalue weighted by Crippen LogP contribution is -2.41. The lowest BCUT2D eigenvalue weighted by molar-refractivity contribution is 0.00578. The van der Waals surface area contributed by atoms with Gasteiger partial charge in [-0.1, -0.05) is 17.7 Å². The van der Waals surface area contributed by atoms with Crippen molar-refractivity contribution >= 4 is 18.7 Å². The zero-order chi connectivity index (χ0) is 10.1. The predicted molar refractivity (Wildman–Crippen MR) is 55.9 cm³/mol. The molecule has 0 radical (unpaired) electrons. The number of hydrogen-bond acceptors (Lipinski definition) is 2. The van der Waals surface area contributed by atoms with Gasteiger partial charge in [0.1, 0.15) is 0 Å². The summed E-state index contributed by atoms with van der Waals surface area (Å²) in [6.07, 6.45) is 2.54. The maximum Gasteiger partial charge on any atom is 0.461 e.